The maximum atomic E-state index is 13.4. The van der Waals surface area contributed by atoms with E-state index >= 15 is 0 Å². The molecular weight excluding hydrogens is 422 g/mol. The summed E-state index contributed by atoms with van der Waals surface area (Å²) in [5.74, 6) is 0.136. The Hall–Kier alpha value is -2.57. The Balaban J connectivity index is 1.24. The molecule has 2 aromatic heterocycles. The van der Waals surface area contributed by atoms with Crippen molar-refractivity contribution in [3.8, 4) is 5.69 Å². The summed E-state index contributed by atoms with van der Waals surface area (Å²) in [5, 5.41) is 5.19. The first-order valence-electron chi connectivity index (χ1n) is 11.4. The number of amides is 1. The molecule has 7 heteroatoms. The Morgan fingerprint density at radius 1 is 1.06 bits per heavy atom. The smallest absolute Gasteiger partial charge is 0.255 e. The second kappa shape index (κ2) is 8.41. The van der Waals surface area contributed by atoms with E-state index in [2.05, 4.69) is 10.00 Å². The van der Waals surface area contributed by atoms with E-state index in [1.54, 1.807) is 4.68 Å². The minimum absolute atomic E-state index is 0.136. The Bertz CT molecular complexity index is 1110. The highest BCUT2D eigenvalue weighted by Gasteiger charge is 2.41. The van der Waals surface area contributed by atoms with Crippen LogP contribution in [0.5, 0.6) is 0 Å². The van der Waals surface area contributed by atoms with E-state index in [9.17, 15) is 4.79 Å². The molecule has 2 aliphatic rings. The summed E-state index contributed by atoms with van der Waals surface area (Å²) in [7, 11) is 1.89. The Morgan fingerprint density at radius 2 is 1.75 bits per heavy atom. The zero-order valence-electron chi connectivity index (χ0n) is 18.8. The van der Waals surface area contributed by atoms with E-state index in [0.29, 0.717) is 5.41 Å². The number of piperidine rings is 1. The molecule has 2 saturated heterocycles. The largest absolute Gasteiger partial charge is 0.339 e. The van der Waals surface area contributed by atoms with Crippen LogP contribution in [0.25, 0.3) is 5.69 Å². The standard InChI is InChI=1S/C25H30ClN5O/c1-19-21(23(26)28(2)27-19)17-29-14-9-25(18-29)10-15-31(16-11-25)24(32)20-7-3-4-8-22(20)30-12-5-6-13-30/h3-8,12-13H,9-11,14-18H2,1-2H3. The Kier molecular flexibility index (Phi) is 5.59. The predicted octanol–water partition coefficient (Wildman–Crippen LogP) is 4.30. The van der Waals surface area contributed by atoms with Crippen LogP contribution in [0, 0.1) is 12.3 Å². The molecule has 1 amide bonds. The highest BCUT2D eigenvalue weighted by atomic mass is 35.5. The zero-order valence-corrected chi connectivity index (χ0v) is 19.6. The molecule has 4 heterocycles. The molecule has 3 aromatic rings. The van der Waals surface area contributed by atoms with Crippen molar-refractivity contribution in [3.63, 3.8) is 0 Å². The monoisotopic (exact) mass is 451 g/mol. The molecule has 32 heavy (non-hydrogen) atoms. The Morgan fingerprint density at radius 3 is 2.44 bits per heavy atom. The third-order valence-electron chi connectivity index (χ3n) is 7.30. The van der Waals surface area contributed by atoms with Gasteiger partial charge in [-0.1, -0.05) is 23.7 Å². The summed E-state index contributed by atoms with van der Waals surface area (Å²) in [6.07, 6.45) is 7.27. The minimum Gasteiger partial charge on any atom is -0.339 e. The number of aryl methyl sites for hydroxylation is 2. The number of nitrogens with zero attached hydrogens (tertiary/aromatic N) is 5. The first kappa shape index (κ1) is 21.3. The van der Waals surface area contributed by atoms with E-state index in [1.807, 2.05) is 72.2 Å². The topological polar surface area (TPSA) is 46.3 Å². The fourth-order valence-electron chi connectivity index (χ4n) is 5.38. The predicted molar refractivity (Wildman–Crippen MR) is 126 cm³/mol. The second-order valence-corrected chi connectivity index (χ2v) is 9.70. The molecule has 0 bridgehead atoms. The second-order valence-electron chi connectivity index (χ2n) is 9.34. The number of carbonyl (C=O) groups is 1. The first-order valence-corrected chi connectivity index (χ1v) is 11.8. The van der Waals surface area contributed by atoms with Gasteiger partial charge in [-0.3, -0.25) is 14.4 Å². The van der Waals surface area contributed by atoms with Crippen molar-refractivity contribution in [1.29, 1.82) is 0 Å². The molecule has 6 nitrogen and oxygen atoms in total. The molecule has 0 radical (unpaired) electrons. The van der Waals surface area contributed by atoms with E-state index in [1.165, 1.54) is 6.42 Å². The van der Waals surface area contributed by atoms with Gasteiger partial charge in [0.1, 0.15) is 5.15 Å². The van der Waals surface area contributed by atoms with Crippen LogP contribution in [0.1, 0.15) is 40.9 Å². The number of carbonyl (C=O) groups excluding carboxylic acids is 1. The molecule has 0 N–H and O–H groups in total. The molecular formula is C25H30ClN5O. The van der Waals surface area contributed by atoms with E-state index < -0.39 is 0 Å². The number of hydrogen-bond donors (Lipinski definition) is 0. The Labute approximate surface area is 194 Å². The normalized spacial score (nSPS) is 18.5. The average molecular weight is 452 g/mol. The fraction of sp³-hybridized carbons (Fsp3) is 0.440. The van der Waals surface area contributed by atoms with Crippen molar-refractivity contribution in [2.45, 2.75) is 32.7 Å². The van der Waals surface area contributed by atoms with Crippen molar-refractivity contribution < 1.29 is 4.79 Å². The van der Waals surface area contributed by atoms with Gasteiger partial charge in [-0.2, -0.15) is 5.10 Å². The quantitative estimate of drug-likeness (QED) is 0.594. The molecule has 5 rings (SSSR count). The van der Waals surface area contributed by atoms with Crippen LogP contribution in [0.2, 0.25) is 5.15 Å². The van der Waals surface area contributed by atoms with Crippen LogP contribution in [0.3, 0.4) is 0 Å². The highest BCUT2D eigenvalue weighted by molar-refractivity contribution is 6.30. The lowest BCUT2D eigenvalue weighted by atomic mass is 9.77. The summed E-state index contributed by atoms with van der Waals surface area (Å²) in [6.45, 7) is 6.67. The van der Waals surface area contributed by atoms with Crippen LogP contribution in [-0.2, 0) is 13.6 Å². The van der Waals surface area contributed by atoms with E-state index in [0.717, 1.165) is 73.2 Å². The number of aromatic nitrogens is 3. The molecule has 0 saturated carbocycles. The van der Waals surface area contributed by atoms with Crippen LogP contribution in [0.4, 0.5) is 0 Å². The summed E-state index contributed by atoms with van der Waals surface area (Å²) in [4.78, 5) is 17.9. The first-order chi connectivity index (χ1) is 15.5. The number of para-hydroxylation sites is 1. The lowest BCUT2D eigenvalue weighted by molar-refractivity contribution is 0.0588. The van der Waals surface area contributed by atoms with Gasteiger partial charge >= 0.3 is 0 Å². The maximum absolute atomic E-state index is 13.4. The lowest BCUT2D eigenvalue weighted by Gasteiger charge is -2.39. The molecule has 2 fully saturated rings. The summed E-state index contributed by atoms with van der Waals surface area (Å²) < 4.78 is 3.77. The van der Waals surface area contributed by atoms with Crippen molar-refractivity contribution in [2.24, 2.45) is 12.5 Å². The molecule has 0 aliphatic carbocycles. The van der Waals surface area contributed by atoms with Crippen molar-refractivity contribution >= 4 is 17.5 Å². The minimum atomic E-state index is 0.136. The van der Waals surface area contributed by atoms with Crippen LogP contribution in [0.15, 0.2) is 48.8 Å². The average Bonchev–Trinajstić information content (AvgIpc) is 3.52. The van der Waals surface area contributed by atoms with Crippen molar-refractivity contribution in [3.05, 3.63) is 70.8 Å². The maximum Gasteiger partial charge on any atom is 0.255 e. The zero-order chi connectivity index (χ0) is 22.3. The number of hydrogen-bond acceptors (Lipinski definition) is 3. The number of likely N-dealkylation sites (tertiary alicyclic amines) is 2. The SMILES string of the molecule is Cc1nn(C)c(Cl)c1CN1CCC2(CCN(C(=O)c3ccccc3-n3cccc3)CC2)C1. The third kappa shape index (κ3) is 3.86. The van der Waals surface area contributed by atoms with Gasteiger partial charge in [0, 0.05) is 51.2 Å². The summed E-state index contributed by atoms with van der Waals surface area (Å²) >= 11 is 6.46. The van der Waals surface area contributed by atoms with Crippen LogP contribution in [-0.4, -0.2) is 56.2 Å². The molecule has 1 aromatic carbocycles. The van der Waals surface area contributed by atoms with E-state index in [-0.39, 0.29) is 5.91 Å². The van der Waals surface area contributed by atoms with Gasteiger partial charge < -0.3 is 9.47 Å². The molecule has 1 spiro atoms. The highest BCUT2D eigenvalue weighted by Crippen LogP contribution is 2.41. The van der Waals surface area contributed by atoms with Gasteiger partial charge in [-0.25, -0.2) is 0 Å². The molecule has 2 aliphatic heterocycles. The third-order valence-corrected chi connectivity index (χ3v) is 7.77. The van der Waals surface area contributed by atoms with Gasteiger partial charge in [-0.05, 0) is 62.4 Å². The number of benzene rings is 1. The van der Waals surface area contributed by atoms with E-state index in [4.69, 9.17) is 11.6 Å². The van der Waals surface area contributed by atoms with Crippen LogP contribution < -0.4 is 0 Å². The molecule has 0 atom stereocenters. The van der Waals surface area contributed by atoms with Gasteiger partial charge in [-0.15, -0.1) is 0 Å². The fourth-order valence-corrected chi connectivity index (χ4v) is 5.61. The number of rotatable bonds is 4. The van der Waals surface area contributed by atoms with Crippen LogP contribution >= 0.6 is 11.6 Å². The van der Waals surface area contributed by atoms with Gasteiger partial charge in [0.2, 0.25) is 0 Å². The van der Waals surface area contributed by atoms with Gasteiger partial charge in [0.05, 0.1) is 16.9 Å². The van der Waals surface area contributed by atoms with Crippen molar-refractivity contribution in [2.75, 3.05) is 26.2 Å². The molecule has 168 valence electrons. The van der Waals surface area contributed by atoms with Gasteiger partial charge in [0.25, 0.3) is 5.91 Å². The summed E-state index contributed by atoms with van der Waals surface area (Å²) in [6, 6.07) is 11.9. The lowest BCUT2D eigenvalue weighted by Crippen LogP contribution is -2.44. The molecule has 0 unspecified atom stereocenters. The van der Waals surface area contributed by atoms with Crippen molar-refractivity contribution in [1.82, 2.24) is 24.1 Å². The number of halogens is 1. The van der Waals surface area contributed by atoms with Gasteiger partial charge in [0.15, 0.2) is 0 Å². The summed E-state index contributed by atoms with van der Waals surface area (Å²) in [5.41, 5.74) is 4.17.